The molecule has 1 amide bonds. The summed E-state index contributed by atoms with van der Waals surface area (Å²) in [5, 5.41) is 9.62. The van der Waals surface area contributed by atoms with Crippen molar-refractivity contribution in [2.24, 2.45) is 0 Å². The maximum Gasteiger partial charge on any atom is 0.288 e. The molecule has 0 aromatic heterocycles. The highest BCUT2D eigenvalue weighted by Crippen LogP contribution is 2.32. The Morgan fingerprint density at radius 3 is 2.61 bits per heavy atom. The molecule has 28 heavy (non-hydrogen) atoms. The SMILES string of the molecule is CN1CCN(C(=O)C2=C[C@@H](c3ccc(Cl)cc3)C[C@@H](OCCCCO)O2)CC1. The molecule has 0 radical (unpaired) electrons. The van der Waals surface area contributed by atoms with Crippen molar-refractivity contribution in [3.8, 4) is 0 Å². The van der Waals surface area contributed by atoms with Gasteiger partial charge in [0.2, 0.25) is 6.29 Å². The van der Waals surface area contributed by atoms with Crippen molar-refractivity contribution in [3.63, 3.8) is 0 Å². The third-order valence-corrected chi connectivity index (χ3v) is 5.46. The number of likely N-dealkylation sites (N-methyl/N-ethyl adjacent to an activating group) is 1. The van der Waals surface area contributed by atoms with Gasteiger partial charge in [-0.05, 0) is 43.7 Å². The van der Waals surface area contributed by atoms with Crippen molar-refractivity contribution < 1.29 is 19.4 Å². The minimum Gasteiger partial charge on any atom is -0.459 e. The zero-order chi connectivity index (χ0) is 19.9. The summed E-state index contributed by atoms with van der Waals surface area (Å²) in [7, 11) is 2.06. The number of amides is 1. The van der Waals surface area contributed by atoms with Gasteiger partial charge in [0.1, 0.15) is 0 Å². The molecule has 2 atom stereocenters. The molecule has 2 aliphatic rings. The number of piperazine rings is 1. The van der Waals surface area contributed by atoms with Crippen molar-refractivity contribution in [2.75, 3.05) is 46.4 Å². The number of hydrogen-bond acceptors (Lipinski definition) is 5. The number of aliphatic hydroxyl groups is 1. The van der Waals surface area contributed by atoms with Crippen LogP contribution < -0.4 is 0 Å². The lowest BCUT2D eigenvalue weighted by atomic mass is 9.93. The number of unbranched alkanes of at least 4 members (excludes halogenated alkanes) is 1. The number of aliphatic hydroxyl groups excluding tert-OH is 1. The van der Waals surface area contributed by atoms with Crippen LogP contribution in [-0.2, 0) is 14.3 Å². The van der Waals surface area contributed by atoms with Gasteiger partial charge in [-0.2, -0.15) is 0 Å². The first-order chi connectivity index (χ1) is 13.6. The maximum absolute atomic E-state index is 13.0. The molecule has 0 aliphatic carbocycles. The molecule has 2 heterocycles. The van der Waals surface area contributed by atoms with Crippen LogP contribution in [0.15, 0.2) is 36.1 Å². The number of nitrogens with zero attached hydrogens (tertiary/aromatic N) is 2. The Labute approximate surface area is 171 Å². The molecule has 6 nitrogen and oxygen atoms in total. The Bertz CT molecular complexity index is 671. The van der Waals surface area contributed by atoms with Crippen LogP contribution in [0.5, 0.6) is 0 Å². The van der Waals surface area contributed by atoms with Crippen LogP contribution >= 0.6 is 11.6 Å². The van der Waals surface area contributed by atoms with Crippen molar-refractivity contribution in [1.29, 1.82) is 0 Å². The van der Waals surface area contributed by atoms with E-state index in [2.05, 4.69) is 11.9 Å². The van der Waals surface area contributed by atoms with Gasteiger partial charge in [-0.1, -0.05) is 23.7 Å². The number of carbonyl (C=O) groups excluding carboxylic acids is 1. The van der Waals surface area contributed by atoms with Crippen LogP contribution in [0.4, 0.5) is 0 Å². The largest absolute Gasteiger partial charge is 0.459 e. The van der Waals surface area contributed by atoms with Crippen LogP contribution in [0.3, 0.4) is 0 Å². The lowest BCUT2D eigenvalue weighted by molar-refractivity contribution is -0.153. The van der Waals surface area contributed by atoms with Crippen molar-refractivity contribution >= 4 is 17.5 Å². The van der Waals surface area contributed by atoms with E-state index in [0.29, 0.717) is 43.3 Å². The summed E-state index contributed by atoms with van der Waals surface area (Å²) in [4.78, 5) is 17.1. The van der Waals surface area contributed by atoms with E-state index in [9.17, 15) is 4.79 Å². The minimum absolute atomic E-state index is 0.0280. The molecule has 3 rings (SSSR count). The molecular weight excluding hydrogens is 380 g/mol. The predicted octanol–water partition coefficient (Wildman–Crippen LogP) is 2.62. The lowest BCUT2D eigenvalue weighted by Crippen LogP contribution is -2.48. The summed E-state index contributed by atoms with van der Waals surface area (Å²) < 4.78 is 11.8. The van der Waals surface area contributed by atoms with E-state index in [0.717, 1.165) is 25.1 Å². The highest BCUT2D eigenvalue weighted by Gasteiger charge is 2.31. The third-order valence-electron chi connectivity index (χ3n) is 5.21. The molecule has 1 N–H and O–H groups in total. The quantitative estimate of drug-likeness (QED) is 0.703. The van der Waals surface area contributed by atoms with E-state index < -0.39 is 6.29 Å². The van der Waals surface area contributed by atoms with Crippen LogP contribution in [0.2, 0.25) is 5.02 Å². The van der Waals surface area contributed by atoms with Crippen molar-refractivity contribution in [1.82, 2.24) is 9.80 Å². The van der Waals surface area contributed by atoms with Gasteiger partial charge in [-0.25, -0.2) is 0 Å². The van der Waals surface area contributed by atoms with Gasteiger partial charge in [0.15, 0.2) is 5.76 Å². The molecule has 154 valence electrons. The Morgan fingerprint density at radius 1 is 1.21 bits per heavy atom. The van der Waals surface area contributed by atoms with E-state index in [1.165, 1.54) is 0 Å². The van der Waals surface area contributed by atoms with Gasteiger partial charge in [-0.3, -0.25) is 4.79 Å². The fourth-order valence-corrected chi connectivity index (χ4v) is 3.57. The van der Waals surface area contributed by atoms with Crippen LogP contribution in [0.1, 0.15) is 30.7 Å². The number of ether oxygens (including phenoxy) is 2. The summed E-state index contributed by atoms with van der Waals surface area (Å²) in [6, 6.07) is 7.68. The lowest BCUT2D eigenvalue weighted by Gasteiger charge is -2.35. The molecule has 0 spiro atoms. The number of rotatable bonds is 7. The van der Waals surface area contributed by atoms with Gasteiger partial charge in [0, 0.05) is 50.1 Å². The summed E-state index contributed by atoms with van der Waals surface area (Å²) >= 11 is 6.02. The van der Waals surface area contributed by atoms with Gasteiger partial charge in [0.25, 0.3) is 5.91 Å². The second-order valence-corrected chi connectivity index (χ2v) is 7.81. The highest BCUT2D eigenvalue weighted by molar-refractivity contribution is 6.30. The van der Waals surface area contributed by atoms with E-state index >= 15 is 0 Å². The van der Waals surface area contributed by atoms with Crippen LogP contribution in [-0.4, -0.2) is 73.5 Å². The first-order valence-electron chi connectivity index (χ1n) is 9.91. The fraction of sp³-hybridized carbons (Fsp3) is 0.571. The Balaban J connectivity index is 1.73. The van der Waals surface area contributed by atoms with Crippen LogP contribution in [0.25, 0.3) is 0 Å². The molecule has 0 saturated carbocycles. The summed E-state index contributed by atoms with van der Waals surface area (Å²) in [6.07, 6.45) is 3.53. The minimum atomic E-state index is -0.476. The van der Waals surface area contributed by atoms with Gasteiger partial charge in [-0.15, -0.1) is 0 Å². The molecule has 0 unspecified atom stereocenters. The third kappa shape index (κ3) is 5.70. The van der Waals surface area contributed by atoms with Crippen molar-refractivity contribution in [3.05, 3.63) is 46.7 Å². The standard InChI is InChI=1S/C21H29ClN2O4/c1-23-8-10-24(11-9-23)21(26)19-14-17(16-4-6-18(22)7-5-16)15-20(28-19)27-13-3-2-12-25/h4-7,14,17,20,25H,2-3,8-13,15H2,1H3/t17-,20+/m1/s1. The van der Waals surface area contributed by atoms with E-state index in [4.69, 9.17) is 26.2 Å². The fourth-order valence-electron chi connectivity index (χ4n) is 3.45. The normalized spacial score (nSPS) is 23.2. The predicted molar refractivity (Wildman–Crippen MR) is 108 cm³/mol. The topological polar surface area (TPSA) is 62.2 Å². The smallest absolute Gasteiger partial charge is 0.288 e. The second-order valence-electron chi connectivity index (χ2n) is 7.37. The average Bonchev–Trinajstić information content (AvgIpc) is 2.71. The number of hydrogen-bond donors (Lipinski definition) is 1. The van der Waals surface area contributed by atoms with E-state index in [1.807, 2.05) is 35.2 Å². The number of halogens is 1. The van der Waals surface area contributed by atoms with Gasteiger partial charge < -0.3 is 24.4 Å². The molecule has 1 aromatic carbocycles. The highest BCUT2D eigenvalue weighted by atomic mass is 35.5. The Hall–Kier alpha value is -1.60. The summed E-state index contributed by atoms with van der Waals surface area (Å²) in [5.74, 6) is 0.318. The first-order valence-corrected chi connectivity index (χ1v) is 10.3. The molecular formula is C21H29ClN2O4. The zero-order valence-corrected chi connectivity index (χ0v) is 17.1. The summed E-state index contributed by atoms with van der Waals surface area (Å²) in [6.45, 7) is 3.76. The maximum atomic E-state index is 13.0. The summed E-state index contributed by atoms with van der Waals surface area (Å²) in [5.41, 5.74) is 1.08. The molecule has 2 aliphatic heterocycles. The van der Waals surface area contributed by atoms with E-state index in [1.54, 1.807) is 0 Å². The first kappa shape index (κ1) is 21.1. The van der Waals surface area contributed by atoms with Gasteiger partial charge >= 0.3 is 0 Å². The van der Waals surface area contributed by atoms with Crippen LogP contribution in [0, 0.1) is 0 Å². The molecule has 0 bridgehead atoms. The number of benzene rings is 1. The Kier molecular flexibility index (Phi) is 7.73. The number of carbonyl (C=O) groups is 1. The second kappa shape index (κ2) is 10.3. The molecule has 1 fully saturated rings. The monoisotopic (exact) mass is 408 g/mol. The number of allylic oxidation sites excluding steroid dienone is 1. The van der Waals surface area contributed by atoms with Gasteiger partial charge in [0.05, 0.1) is 6.61 Å². The average molecular weight is 409 g/mol. The zero-order valence-electron chi connectivity index (χ0n) is 16.3. The molecule has 1 saturated heterocycles. The van der Waals surface area contributed by atoms with Crippen molar-refractivity contribution in [2.45, 2.75) is 31.5 Å². The molecule has 7 heteroatoms. The van der Waals surface area contributed by atoms with E-state index in [-0.39, 0.29) is 18.4 Å². The molecule has 1 aromatic rings. The Morgan fingerprint density at radius 2 is 1.93 bits per heavy atom.